The zero-order valence-corrected chi connectivity index (χ0v) is 15.3. The first-order chi connectivity index (χ1) is 9.81. The summed E-state index contributed by atoms with van der Waals surface area (Å²) < 4.78 is 5.31. The molecular weight excluding hydrogens is 379 g/mol. The molecular formula is C15H27IN4O. The maximum absolute atomic E-state index is 5.31. The summed E-state index contributed by atoms with van der Waals surface area (Å²) in [5.74, 6) is 2.62. The molecule has 1 aromatic heterocycles. The van der Waals surface area contributed by atoms with Gasteiger partial charge in [-0.15, -0.1) is 24.0 Å². The van der Waals surface area contributed by atoms with Crippen molar-refractivity contribution in [1.82, 2.24) is 15.5 Å². The highest BCUT2D eigenvalue weighted by Crippen LogP contribution is 2.14. The Balaban J connectivity index is 0.00000220. The quantitative estimate of drug-likeness (QED) is 0.431. The van der Waals surface area contributed by atoms with Crippen LogP contribution in [0.1, 0.15) is 19.1 Å². The minimum Gasteiger partial charge on any atom is -0.469 e. The second-order valence-electron chi connectivity index (χ2n) is 5.26. The van der Waals surface area contributed by atoms with E-state index >= 15 is 0 Å². The first kappa shape index (κ1) is 18.3. The van der Waals surface area contributed by atoms with Gasteiger partial charge in [0.1, 0.15) is 5.76 Å². The molecule has 5 nitrogen and oxygen atoms in total. The van der Waals surface area contributed by atoms with Crippen LogP contribution in [-0.2, 0) is 6.42 Å². The van der Waals surface area contributed by atoms with Gasteiger partial charge in [-0.1, -0.05) is 6.92 Å². The van der Waals surface area contributed by atoms with E-state index in [9.17, 15) is 0 Å². The van der Waals surface area contributed by atoms with Crippen molar-refractivity contribution < 1.29 is 4.42 Å². The topological polar surface area (TPSA) is 52.8 Å². The summed E-state index contributed by atoms with van der Waals surface area (Å²) in [5, 5.41) is 6.74. The van der Waals surface area contributed by atoms with Crippen LogP contribution in [0.5, 0.6) is 0 Å². The maximum atomic E-state index is 5.31. The van der Waals surface area contributed by atoms with Crippen molar-refractivity contribution in [3.8, 4) is 0 Å². The highest BCUT2D eigenvalue weighted by molar-refractivity contribution is 14.0. The van der Waals surface area contributed by atoms with E-state index in [-0.39, 0.29) is 24.0 Å². The van der Waals surface area contributed by atoms with Crippen molar-refractivity contribution in [1.29, 1.82) is 0 Å². The highest BCUT2D eigenvalue weighted by atomic mass is 127. The van der Waals surface area contributed by atoms with Crippen LogP contribution >= 0.6 is 24.0 Å². The average Bonchev–Trinajstić information content (AvgIpc) is 3.13. The highest BCUT2D eigenvalue weighted by Gasteiger charge is 2.20. The van der Waals surface area contributed by atoms with Crippen molar-refractivity contribution in [2.45, 2.75) is 19.8 Å². The zero-order chi connectivity index (χ0) is 14.2. The molecule has 21 heavy (non-hydrogen) atoms. The van der Waals surface area contributed by atoms with Gasteiger partial charge in [-0.25, -0.2) is 0 Å². The molecule has 0 radical (unpaired) electrons. The molecule has 1 aliphatic rings. The number of nitrogens with zero attached hydrogens (tertiary/aromatic N) is 2. The van der Waals surface area contributed by atoms with Gasteiger partial charge < -0.3 is 20.0 Å². The number of rotatable bonds is 6. The number of hydrogen-bond acceptors (Lipinski definition) is 3. The lowest BCUT2D eigenvalue weighted by Crippen LogP contribution is -2.41. The Morgan fingerprint density at radius 1 is 1.48 bits per heavy atom. The van der Waals surface area contributed by atoms with Crippen LogP contribution in [0.15, 0.2) is 27.8 Å². The Morgan fingerprint density at radius 2 is 2.33 bits per heavy atom. The van der Waals surface area contributed by atoms with Crippen molar-refractivity contribution in [2.24, 2.45) is 10.9 Å². The van der Waals surface area contributed by atoms with Crippen LogP contribution in [0.25, 0.3) is 0 Å². The van der Waals surface area contributed by atoms with Crippen molar-refractivity contribution in [3.05, 3.63) is 24.2 Å². The van der Waals surface area contributed by atoms with E-state index in [1.54, 1.807) is 6.26 Å². The molecule has 0 bridgehead atoms. The minimum absolute atomic E-state index is 0. The van der Waals surface area contributed by atoms with Crippen molar-refractivity contribution in [3.63, 3.8) is 0 Å². The van der Waals surface area contributed by atoms with Gasteiger partial charge in [0.2, 0.25) is 0 Å². The Kier molecular flexibility index (Phi) is 8.75. The largest absolute Gasteiger partial charge is 0.469 e. The second kappa shape index (κ2) is 10.0. The standard InChI is InChI=1S/C15H26N4O.HI/c1-3-19-9-7-13(12-19)11-18-15(16-2)17-8-6-14-5-4-10-20-14;/h4-5,10,13H,3,6-9,11-12H2,1-2H3,(H2,16,17,18);1H. The third-order valence-electron chi connectivity index (χ3n) is 3.84. The molecule has 2 rings (SSSR count). The second-order valence-corrected chi connectivity index (χ2v) is 5.26. The lowest BCUT2D eigenvalue weighted by Gasteiger charge is -2.16. The number of aliphatic imine (C=N–C) groups is 1. The number of nitrogens with one attached hydrogen (secondary N) is 2. The van der Waals surface area contributed by atoms with Gasteiger partial charge in [-0.2, -0.15) is 0 Å². The maximum Gasteiger partial charge on any atom is 0.191 e. The molecule has 0 aliphatic carbocycles. The van der Waals surface area contributed by atoms with E-state index in [1.807, 2.05) is 19.2 Å². The Labute approximate surface area is 144 Å². The van der Waals surface area contributed by atoms with Gasteiger partial charge in [0.15, 0.2) is 5.96 Å². The minimum atomic E-state index is 0. The molecule has 1 aromatic rings. The number of furan rings is 1. The van der Waals surface area contributed by atoms with Gasteiger partial charge in [-0.05, 0) is 37.6 Å². The molecule has 2 N–H and O–H groups in total. The molecule has 0 saturated carbocycles. The van der Waals surface area contributed by atoms with Crippen LogP contribution in [0.2, 0.25) is 0 Å². The number of hydrogen-bond donors (Lipinski definition) is 2. The molecule has 1 saturated heterocycles. The van der Waals surface area contributed by atoms with Crippen molar-refractivity contribution in [2.75, 3.05) is 39.8 Å². The van der Waals surface area contributed by atoms with E-state index in [1.165, 1.54) is 19.5 Å². The predicted molar refractivity (Wildman–Crippen MR) is 97.4 cm³/mol. The Bertz CT molecular complexity index is 408. The summed E-state index contributed by atoms with van der Waals surface area (Å²) in [6.45, 7) is 7.65. The van der Waals surface area contributed by atoms with Crippen molar-refractivity contribution >= 4 is 29.9 Å². The SMILES string of the molecule is CCN1CCC(CNC(=NC)NCCc2ccco2)C1.I. The summed E-state index contributed by atoms with van der Waals surface area (Å²) in [4.78, 5) is 6.76. The smallest absolute Gasteiger partial charge is 0.191 e. The molecule has 1 unspecified atom stereocenters. The first-order valence-electron chi connectivity index (χ1n) is 7.51. The van der Waals surface area contributed by atoms with E-state index in [4.69, 9.17) is 4.42 Å². The van der Waals surface area contributed by atoms with E-state index < -0.39 is 0 Å². The summed E-state index contributed by atoms with van der Waals surface area (Å²) in [6, 6.07) is 3.91. The van der Waals surface area contributed by atoms with Gasteiger partial charge in [0, 0.05) is 33.1 Å². The van der Waals surface area contributed by atoms with Crippen LogP contribution in [-0.4, -0.2) is 50.6 Å². The van der Waals surface area contributed by atoms with Gasteiger partial charge >= 0.3 is 0 Å². The number of halogens is 1. The molecule has 1 fully saturated rings. The molecule has 6 heteroatoms. The van der Waals surface area contributed by atoms with Gasteiger partial charge in [0.05, 0.1) is 6.26 Å². The molecule has 0 spiro atoms. The van der Waals surface area contributed by atoms with Crippen LogP contribution in [0.4, 0.5) is 0 Å². The Hall–Kier alpha value is -0.760. The monoisotopic (exact) mass is 406 g/mol. The van der Waals surface area contributed by atoms with E-state index in [2.05, 4.69) is 27.4 Å². The number of likely N-dealkylation sites (tertiary alicyclic amines) is 1. The zero-order valence-electron chi connectivity index (χ0n) is 13.0. The average molecular weight is 406 g/mol. The Morgan fingerprint density at radius 3 is 2.95 bits per heavy atom. The molecule has 1 aliphatic heterocycles. The van der Waals surface area contributed by atoms with E-state index in [0.29, 0.717) is 0 Å². The van der Waals surface area contributed by atoms with Crippen LogP contribution in [0.3, 0.4) is 0 Å². The fourth-order valence-electron chi connectivity index (χ4n) is 2.59. The summed E-state index contributed by atoms with van der Waals surface area (Å²) in [7, 11) is 1.81. The predicted octanol–water partition coefficient (Wildman–Crippen LogP) is 1.95. The van der Waals surface area contributed by atoms with Crippen LogP contribution < -0.4 is 10.6 Å². The normalized spacial score (nSPS) is 19.3. The number of guanidine groups is 1. The molecule has 120 valence electrons. The van der Waals surface area contributed by atoms with Gasteiger partial charge in [0.25, 0.3) is 0 Å². The molecule has 1 atom stereocenters. The first-order valence-corrected chi connectivity index (χ1v) is 7.51. The summed E-state index contributed by atoms with van der Waals surface area (Å²) in [5.41, 5.74) is 0. The van der Waals surface area contributed by atoms with Gasteiger partial charge in [-0.3, -0.25) is 4.99 Å². The third kappa shape index (κ3) is 6.25. The summed E-state index contributed by atoms with van der Waals surface area (Å²) in [6.07, 6.45) is 3.87. The van der Waals surface area contributed by atoms with E-state index in [0.717, 1.165) is 43.7 Å². The molecule has 2 heterocycles. The third-order valence-corrected chi connectivity index (χ3v) is 3.84. The lowest BCUT2D eigenvalue weighted by molar-refractivity contribution is 0.342. The molecule has 0 aromatic carbocycles. The van der Waals surface area contributed by atoms with Crippen LogP contribution in [0, 0.1) is 5.92 Å². The molecule has 0 amide bonds. The lowest BCUT2D eigenvalue weighted by atomic mass is 10.1. The fraction of sp³-hybridized carbons (Fsp3) is 0.667. The summed E-state index contributed by atoms with van der Waals surface area (Å²) >= 11 is 0. The fourth-order valence-corrected chi connectivity index (χ4v) is 2.59.